The number of esters is 1. The molecular weight excluding hydrogens is 332 g/mol. The SMILES string of the molecule is O=C(OCc1ccccc1)C1COc2c(Br)cccc2C1. The number of carbonyl (C=O) groups excluding carboxylic acids is 1. The van der Waals surface area contributed by atoms with Crippen LogP contribution in [0.4, 0.5) is 0 Å². The average Bonchev–Trinajstić information content (AvgIpc) is 2.53. The lowest BCUT2D eigenvalue weighted by atomic mass is 9.97. The predicted molar refractivity (Wildman–Crippen MR) is 83.1 cm³/mol. The number of benzene rings is 2. The highest BCUT2D eigenvalue weighted by Gasteiger charge is 2.28. The normalized spacial score (nSPS) is 16.7. The largest absolute Gasteiger partial charge is 0.491 e. The van der Waals surface area contributed by atoms with Crippen molar-refractivity contribution >= 4 is 21.9 Å². The Morgan fingerprint density at radius 3 is 2.81 bits per heavy atom. The second kappa shape index (κ2) is 6.31. The maximum Gasteiger partial charge on any atom is 0.313 e. The Morgan fingerprint density at radius 1 is 1.19 bits per heavy atom. The van der Waals surface area contributed by atoms with Crippen molar-refractivity contribution in [1.29, 1.82) is 0 Å². The molecule has 1 aliphatic heterocycles. The van der Waals surface area contributed by atoms with Gasteiger partial charge in [0.05, 0.1) is 10.4 Å². The first kappa shape index (κ1) is 14.1. The molecule has 3 rings (SSSR count). The standard InChI is InChI=1S/C17H15BrO3/c18-15-8-4-7-13-9-14(11-20-16(13)15)17(19)21-10-12-5-2-1-3-6-12/h1-8,14H,9-11H2. The number of rotatable bonds is 3. The lowest BCUT2D eigenvalue weighted by Gasteiger charge is -2.24. The number of ether oxygens (including phenoxy) is 2. The van der Waals surface area contributed by atoms with Gasteiger partial charge in [0, 0.05) is 0 Å². The van der Waals surface area contributed by atoms with Gasteiger partial charge in [0.2, 0.25) is 0 Å². The Labute approximate surface area is 132 Å². The van der Waals surface area contributed by atoms with E-state index in [1.54, 1.807) is 0 Å². The van der Waals surface area contributed by atoms with Crippen LogP contribution >= 0.6 is 15.9 Å². The fourth-order valence-corrected chi connectivity index (χ4v) is 2.90. The van der Waals surface area contributed by atoms with Crippen molar-refractivity contribution in [2.75, 3.05) is 6.61 Å². The Balaban J connectivity index is 1.62. The molecule has 1 aliphatic rings. The summed E-state index contributed by atoms with van der Waals surface area (Å²) >= 11 is 3.46. The molecular formula is C17H15BrO3. The predicted octanol–water partition coefficient (Wildman–Crippen LogP) is 3.74. The first-order valence-electron chi connectivity index (χ1n) is 6.85. The highest BCUT2D eigenvalue weighted by molar-refractivity contribution is 9.10. The van der Waals surface area contributed by atoms with Crippen molar-refractivity contribution in [2.24, 2.45) is 5.92 Å². The van der Waals surface area contributed by atoms with E-state index < -0.39 is 0 Å². The first-order valence-corrected chi connectivity index (χ1v) is 7.64. The Morgan fingerprint density at radius 2 is 2.00 bits per heavy atom. The summed E-state index contributed by atoms with van der Waals surface area (Å²) in [5.41, 5.74) is 2.03. The van der Waals surface area contributed by atoms with Crippen molar-refractivity contribution in [3.05, 3.63) is 64.1 Å². The van der Waals surface area contributed by atoms with Gasteiger partial charge in [0.15, 0.2) is 0 Å². The van der Waals surface area contributed by atoms with Crippen LogP contribution in [0.15, 0.2) is 53.0 Å². The Bertz CT molecular complexity index is 640. The van der Waals surface area contributed by atoms with E-state index in [0.717, 1.165) is 21.3 Å². The van der Waals surface area contributed by atoms with Crippen LogP contribution < -0.4 is 4.74 Å². The topological polar surface area (TPSA) is 35.5 Å². The minimum atomic E-state index is -0.240. The molecule has 0 fully saturated rings. The number of hydrogen-bond acceptors (Lipinski definition) is 3. The van der Waals surface area contributed by atoms with Crippen molar-refractivity contribution in [3.8, 4) is 5.75 Å². The van der Waals surface area contributed by atoms with E-state index in [-0.39, 0.29) is 11.9 Å². The van der Waals surface area contributed by atoms with Crippen LogP contribution in [0.2, 0.25) is 0 Å². The van der Waals surface area contributed by atoms with Gasteiger partial charge >= 0.3 is 5.97 Å². The third-order valence-corrected chi connectivity index (χ3v) is 4.13. The fraction of sp³-hybridized carbons (Fsp3) is 0.235. The summed E-state index contributed by atoms with van der Waals surface area (Å²) in [7, 11) is 0. The number of para-hydroxylation sites is 1. The highest BCUT2D eigenvalue weighted by atomic mass is 79.9. The summed E-state index contributed by atoms with van der Waals surface area (Å²) in [6.07, 6.45) is 0.655. The van der Waals surface area contributed by atoms with Crippen LogP contribution in [0.5, 0.6) is 5.75 Å². The van der Waals surface area contributed by atoms with Gasteiger partial charge in [-0.2, -0.15) is 0 Å². The van der Waals surface area contributed by atoms with Gasteiger partial charge in [0.25, 0.3) is 0 Å². The molecule has 0 aliphatic carbocycles. The maximum atomic E-state index is 12.2. The van der Waals surface area contributed by atoms with Crippen LogP contribution in [0, 0.1) is 5.92 Å². The molecule has 2 aromatic rings. The minimum absolute atomic E-state index is 0.204. The van der Waals surface area contributed by atoms with Crippen LogP contribution in [0.25, 0.3) is 0 Å². The van der Waals surface area contributed by atoms with E-state index in [1.807, 2.05) is 48.5 Å². The average molecular weight is 347 g/mol. The molecule has 0 bridgehead atoms. The zero-order valence-electron chi connectivity index (χ0n) is 11.4. The molecule has 0 radical (unpaired) electrons. The molecule has 108 valence electrons. The smallest absolute Gasteiger partial charge is 0.313 e. The number of fused-ring (bicyclic) bond motifs is 1. The van der Waals surface area contributed by atoms with Crippen LogP contribution in [-0.4, -0.2) is 12.6 Å². The second-order valence-corrected chi connectivity index (χ2v) is 5.89. The van der Waals surface area contributed by atoms with Gasteiger partial charge in [-0.05, 0) is 39.5 Å². The van der Waals surface area contributed by atoms with Gasteiger partial charge in [-0.15, -0.1) is 0 Å². The molecule has 0 amide bonds. The van der Waals surface area contributed by atoms with Crippen molar-refractivity contribution in [2.45, 2.75) is 13.0 Å². The molecule has 3 nitrogen and oxygen atoms in total. The van der Waals surface area contributed by atoms with E-state index in [1.165, 1.54) is 0 Å². The van der Waals surface area contributed by atoms with E-state index >= 15 is 0 Å². The van der Waals surface area contributed by atoms with Gasteiger partial charge in [0.1, 0.15) is 19.0 Å². The first-order chi connectivity index (χ1) is 10.2. The monoisotopic (exact) mass is 346 g/mol. The lowest BCUT2D eigenvalue weighted by molar-refractivity contribution is -0.151. The third-order valence-electron chi connectivity index (χ3n) is 3.50. The summed E-state index contributed by atoms with van der Waals surface area (Å²) in [6, 6.07) is 15.6. The molecule has 0 N–H and O–H groups in total. The highest BCUT2D eigenvalue weighted by Crippen LogP contribution is 2.34. The van der Waals surface area contributed by atoms with Crippen molar-refractivity contribution in [1.82, 2.24) is 0 Å². The molecule has 2 aromatic carbocycles. The molecule has 4 heteroatoms. The molecule has 0 spiro atoms. The fourth-order valence-electron chi connectivity index (χ4n) is 2.38. The summed E-state index contributed by atoms with van der Waals surface area (Å²) in [5.74, 6) is 0.393. The van der Waals surface area contributed by atoms with E-state index in [0.29, 0.717) is 19.6 Å². The minimum Gasteiger partial charge on any atom is -0.491 e. The molecule has 1 heterocycles. The summed E-state index contributed by atoms with van der Waals surface area (Å²) in [6.45, 7) is 0.671. The van der Waals surface area contributed by atoms with Crippen molar-refractivity contribution < 1.29 is 14.3 Å². The maximum absolute atomic E-state index is 12.2. The molecule has 0 aromatic heterocycles. The van der Waals surface area contributed by atoms with Crippen LogP contribution in [0.3, 0.4) is 0 Å². The summed E-state index contributed by atoms with van der Waals surface area (Å²) in [4.78, 5) is 12.2. The quantitative estimate of drug-likeness (QED) is 0.794. The molecule has 0 saturated carbocycles. The Kier molecular flexibility index (Phi) is 4.25. The molecule has 1 unspecified atom stereocenters. The molecule has 0 saturated heterocycles. The number of hydrogen-bond donors (Lipinski definition) is 0. The zero-order chi connectivity index (χ0) is 14.7. The summed E-state index contributed by atoms with van der Waals surface area (Å²) in [5, 5.41) is 0. The van der Waals surface area contributed by atoms with E-state index in [2.05, 4.69) is 15.9 Å². The second-order valence-electron chi connectivity index (χ2n) is 5.03. The van der Waals surface area contributed by atoms with Gasteiger partial charge in [-0.1, -0.05) is 42.5 Å². The van der Waals surface area contributed by atoms with E-state index in [9.17, 15) is 4.79 Å². The van der Waals surface area contributed by atoms with Crippen LogP contribution in [-0.2, 0) is 22.6 Å². The van der Waals surface area contributed by atoms with Gasteiger partial charge < -0.3 is 9.47 Å². The molecule has 21 heavy (non-hydrogen) atoms. The zero-order valence-corrected chi connectivity index (χ0v) is 13.0. The van der Waals surface area contributed by atoms with Gasteiger partial charge in [-0.25, -0.2) is 0 Å². The summed E-state index contributed by atoms with van der Waals surface area (Å²) < 4.78 is 12.0. The number of carbonyl (C=O) groups is 1. The molecule has 1 atom stereocenters. The number of halogens is 1. The Hall–Kier alpha value is -1.81. The lowest BCUT2D eigenvalue weighted by Crippen LogP contribution is -2.29. The van der Waals surface area contributed by atoms with E-state index in [4.69, 9.17) is 9.47 Å². The van der Waals surface area contributed by atoms with Crippen LogP contribution in [0.1, 0.15) is 11.1 Å². The van der Waals surface area contributed by atoms with Crippen molar-refractivity contribution in [3.63, 3.8) is 0 Å². The van der Waals surface area contributed by atoms with Gasteiger partial charge in [-0.3, -0.25) is 4.79 Å². The third kappa shape index (κ3) is 3.27.